The highest BCUT2D eigenvalue weighted by Crippen LogP contribution is 2.25. The summed E-state index contributed by atoms with van der Waals surface area (Å²) < 4.78 is 27.1. The first-order chi connectivity index (χ1) is 14.0. The van der Waals surface area contributed by atoms with E-state index in [-0.39, 0.29) is 23.1 Å². The van der Waals surface area contributed by atoms with Gasteiger partial charge in [0.25, 0.3) is 0 Å². The van der Waals surface area contributed by atoms with Gasteiger partial charge in [-0.15, -0.1) is 0 Å². The maximum atomic E-state index is 13.4. The monoisotopic (exact) mass is 391 g/mol. The summed E-state index contributed by atoms with van der Waals surface area (Å²) in [6.07, 6.45) is 2.93. The Balaban J connectivity index is 1.48. The molecule has 0 aliphatic heterocycles. The van der Waals surface area contributed by atoms with Crippen LogP contribution in [0.2, 0.25) is 0 Å². The molecule has 7 heteroatoms. The fourth-order valence-electron chi connectivity index (χ4n) is 2.86. The number of amides is 1. The molecule has 144 valence electrons. The predicted octanol–water partition coefficient (Wildman–Crippen LogP) is 4.87. The molecule has 0 unspecified atom stereocenters. The first-order valence-corrected chi connectivity index (χ1v) is 8.72. The zero-order valence-electron chi connectivity index (χ0n) is 15.0. The van der Waals surface area contributed by atoms with Crippen molar-refractivity contribution in [3.8, 4) is 11.4 Å². The number of hydrogen-bond acceptors (Lipinski definition) is 3. The minimum Gasteiger partial charge on any atom is -0.426 e. The van der Waals surface area contributed by atoms with Crippen molar-refractivity contribution in [3.63, 3.8) is 0 Å². The lowest BCUT2D eigenvalue weighted by atomic mass is 10.2. The molecular weight excluding hydrogens is 376 g/mol. The van der Waals surface area contributed by atoms with E-state index in [1.165, 1.54) is 36.4 Å². The molecule has 0 saturated heterocycles. The van der Waals surface area contributed by atoms with Gasteiger partial charge in [-0.3, -0.25) is 4.79 Å². The third-order valence-corrected chi connectivity index (χ3v) is 4.30. The molecule has 1 amide bonds. The average Bonchev–Trinajstić information content (AvgIpc) is 3.04. The second-order valence-corrected chi connectivity index (χ2v) is 6.33. The number of nitrogens with zero attached hydrogens (tertiary/aromatic N) is 2. The number of benzene rings is 3. The molecule has 1 heterocycles. The largest absolute Gasteiger partial charge is 0.426 e. The van der Waals surface area contributed by atoms with Crippen LogP contribution in [0.15, 0.2) is 72.8 Å². The number of imidazole rings is 1. The number of carbonyl (C=O) groups excluding carboxylic acids is 1. The number of nitrogens with one attached hydrogen (secondary N) is 1. The van der Waals surface area contributed by atoms with Gasteiger partial charge in [0, 0.05) is 23.4 Å². The minimum atomic E-state index is -0.467. The highest BCUT2D eigenvalue weighted by molar-refractivity contribution is 6.02. The van der Waals surface area contributed by atoms with Gasteiger partial charge in [-0.25, -0.2) is 13.8 Å². The molecule has 3 aromatic carbocycles. The van der Waals surface area contributed by atoms with Gasteiger partial charge < -0.3 is 10.5 Å². The topological polar surface area (TPSA) is 67.2 Å². The van der Waals surface area contributed by atoms with Crippen molar-refractivity contribution < 1.29 is 18.8 Å². The van der Waals surface area contributed by atoms with Crippen molar-refractivity contribution in [2.75, 3.05) is 5.32 Å². The molecule has 0 atom stereocenters. The van der Waals surface area contributed by atoms with E-state index in [1.54, 1.807) is 42.5 Å². The first-order valence-electron chi connectivity index (χ1n) is 8.72. The van der Waals surface area contributed by atoms with E-state index in [0.29, 0.717) is 22.3 Å². The zero-order chi connectivity index (χ0) is 20.4. The Kier molecular flexibility index (Phi) is 4.78. The Hall–Kier alpha value is -4.00. The van der Waals surface area contributed by atoms with Gasteiger partial charge in [0.1, 0.15) is 17.2 Å². The molecule has 0 spiro atoms. The van der Waals surface area contributed by atoms with E-state index in [0.717, 1.165) is 4.73 Å². The Morgan fingerprint density at radius 2 is 1.66 bits per heavy atom. The van der Waals surface area contributed by atoms with Crippen molar-refractivity contribution in [1.29, 1.82) is 0 Å². The fraction of sp³-hybridized carbons (Fsp3) is 0. The van der Waals surface area contributed by atoms with Crippen molar-refractivity contribution in [3.05, 3.63) is 90.0 Å². The van der Waals surface area contributed by atoms with Crippen LogP contribution in [0.25, 0.3) is 28.5 Å². The van der Waals surface area contributed by atoms with Crippen LogP contribution in [0.5, 0.6) is 0 Å². The quantitative estimate of drug-likeness (QED) is 0.385. The second kappa shape index (κ2) is 7.55. The molecule has 4 aromatic rings. The summed E-state index contributed by atoms with van der Waals surface area (Å²) in [6.45, 7) is 0. The Morgan fingerprint density at radius 3 is 2.38 bits per heavy atom. The number of carbonyl (C=O) groups is 1. The summed E-state index contributed by atoms with van der Waals surface area (Å²) in [4.78, 5) is 16.4. The number of aromatic nitrogens is 2. The summed E-state index contributed by atoms with van der Waals surface area (Å²) in [7, 11) is 0. The number of fused-ring (bicyclic) bond motifs is 1. The number of anilines is 1. The number of halogens is 2. The van der Waals surface area contributed by atoms with Gasteiger partial charge in [-0.1, -0.05) is 12.1 Å². The fourth-order valence-corrected chi connectivity index (χ4v) is 2.86. The summed E-state index contributed by atoms with van der Waals surface area (Å²) in [6, 6.07) is 16.4. The molecule has 4 rings (SSSR count). The molecule has 0 radical (unpaired) electrons. The third kappa shape index (κ3) is 3.98. The Bertz CT molecular complexity index is 1210. The smallest absolute Gasteiger partial charge is 0.248 e. The van der Waals surface area contributed by atoms with Crippen molar-refractivity contribution in [1.82, 2.24) is 9.71 Å². The molecule has 0 aliphatic carbocycles. The predicted molar refractivity (Wildman–Crippen MR) is 106 cm³/mol. The summed E-state index contributed by atoms with van der Waals surface area (Å²) >= 11 is 0. The maximum Gasteiger partial charge on any atom is 0.248 e. The normalized spacial score (nSPS) is 11.2. The van der Waals surface area contributed by atoms with Gasteiger partial charge in [0.05, 0.1) is 5.52 Å². The van der Waals surface area contributed by atoms with Gasteiger partial charge >= 0.3 is 0 Å². The van der Waals surface area contributed by atoms with Crippen molar-refractivity contribution >= 4 is 28.7 Å². The summed E-state index contributed by atoms with van der Waals surface area (Å²) in [5, 5.41) is 13.0. The summed E-state index contributed by atoms with van der Waals surface area (Å²) in [5.41, 5.74) is 2.59. The molecule has 1 aromatic heterocycles. The lowest BCUT2D eigenvalue weighted by Crippen LogP contribution is -2.07. The molecule has 0 bridgehead atoms. The zero-order valence-corrected chi connectivity index (χ0v) is 15.0. The second-order valence-electron chi connectivity index (χ2n) is 6.33. The standard InChI is InChI=1S/C22H15F2N3O2/c23-16-6-1-14(2-7-16)3-12-21(28)25-18-9-4-15(5-10-18)22-26-19-11-8-17(24)13-20(19)27(22)29/h1-13,29H,(H,25,28). The van der Waals surface area contributed by atoms with Crippen LogP contribution in [-0.4, -0.2) is 20.8 Å². The SMILES string of the molecule is O=C(C=Cc1ccc(F)cc1)Nc1ccc(-c2nc3ccc(F)cc3n2O)cc1. The van der Waals surface area contributed by atoms with Crippen molar-refractivity contribution in [2.24, 2.45) is 0 Å². The molecule has 2 N–H and O–H groups in total. The van der Waals surface area contributed by atoms with Crippen LogP contribution < -0.4 is 5.32 Å². The van der Waals surface area contributed by atoms with Crippen molar-refractivity contribution in [2.45, 2.75) is 0 Å². The minimum absolute atomic E-state index is 0.264. The van der Waals surface area contributed by atoms with Crippen LogP contribution >= 0.6 is 0 Å². The molecular formula is C22H15F2N3O2. The first kappa shape index (κ1) is 18.4. The van der Waals surface area contributed by atoms with E-state index in [9.17, 15) is 18.8 Å². The Morgan fingerprint density at radius 1 is 0.966 bits per heavy atom. The molecule has 29 heavy (non-hydrogen) atoms. The number of hydrogen-bond donors (Lipinski definition) is 2. The summed E-state index contributed by atoms with van der Waals surface area (Å²) in [5.74, 6) is -0.883. The van der Waals surface area contributed by atoms with E-state index < -0.39 is 5.82 Å². The van der Waals surface area contributed by atoms with Crippen LogP contribution in [-0.2, 0) is 4.79 Å². The van der Waals surface area contributed by atoms with E-state index in [2.05, 4.69) is 10.3 Å². The molecule has 5 nitrogen and oxygen atoms in total. The highest BCUT2D eigenvalue weighted by Gasteiger charge is 2.12. The van der Waals surface area contributed by atoms with Crippen LogP contribution in [0, 0.1) is 11.6 Å². The lowest BCUT2D eigenvalue weighted by molar-refractivity contribution is -0.111. The van der Waals surface area contributed by atoms with Gasteiger partial charge in [0.15, 0.2) is 5.82 Å². The molecule has 0 saturated carbocycles. The maximum absolute atomic E-state index is 13.4. The van der Waals surface area contributed by atoms with Gasteiger partial charge in [0.2, 0.25) is 5.91 Å². The van der Waals surface area contributed by atoms with E-state index in [1.807, 2.05) is 0 Å². The van der Waals surface area contributed by atoms with Gasteiger partial charge in [-0.05, 0) is 60.2 Å². The van der Waals surface area contributed by atoms with Crippen LogP contribution in [0.1, 0.15) is 5.56 Å². The van der Waals surface area contributed by atoms with Gasteiger partial charge in [-0.2, -0.15) is 4.73 Å². The average molecular weight is 391 g/mol. The number of rotatable bonds is 4. The molecule has 0 aliphatic rings. The Labute approximate surface area is 164 Å². The van der Waals surface area contributed by atoms with E-state index >= 15 is 0 Å². The third-order valence-electron chi connectivity index (χ3n) is 4.30. The molecule has 0 fully saturated rings. The lowest BCUT2D eigenvalue weighted by Gasteiger charge is -2.05. The highest BCUT2D eigenvalue weighted by atomic mass is 19.1. The van der Waals surface area contributed by atoms with Crippen LogP contribution in [0.3, 0.4) is 0 Å². The van der Waals surface area contributed by atoms with Crippen LogP contribution in [0.4, 0.5) is 14.5 Å². The van der Waals surface area contributed by atoms with E-state index in [4.69, 9.17) is 0 Å².